The van der Waals surface area contributed by atoms with Crippen molar-refractivity contribution in [3.63, 3.8) is 0 Å². The van der Waals surface area contributed by atoms with E-state index in [2.05, 4.69) is 26.2 Å². The number of anilines is 5. The third-order valence-electron chi connectivity index (χ3n) is 5.04. The van der Waals surface area contributed by atoms with E-state index >= 15 is 0 Å². The Kier molecular flexibility index (Phi) is 5.83. The standard InChI is InChI=1S/C22H27N7O/c1-27(2)21-16-19(24-17-7-6-8-18(15-17)30-3)25-22(26-21)29-13-11-28(12-14-29)20-9-4-5-10-23-20/h4-10,15-16H,11-14H2,1-3H3,(H,24,25,26). The van der Waals surface area contributed by atoms with Crippen LogP contribution in [0.1, 0.15) is 0 Å². The number of piperazine rings is 1. The average Bonchev–Trinajstić information content (AvgIpc) is 2.79. The molecule has 1 N–H and O–H groups in total. The third-order valence-corrected chi connectivity index (χ3v) is 5.04. The molecule has 4 rings (SSSR count). The fourth-order valence-corrected chi connectivity index (χ4v) is 3.38. The van der Waals surface area contributed by atoms with Gasteiger partial charge in [0.1, 0.15) is 23.2 Å². The first kappa shape index (κ1) is 19.8. The van der Waals surface area contributed by atoms with Crippen LogP contribution in [0.4, 0.5) is 29.1 Å². The first-order chi connectivity index (χ1) is 14.6. The van der Waals surface area contributed by atoms with Crippen LogP contribution in [0.5, 0.6) is 5.75 Å². The molecule has 0 aliphatic carbocycles. The van der Waals surface area contributed by atoms with E-state index in [0.29, 0.717) is 0 Å². The fraction of sp³-hybridized carbons (Fsp3) is 0.318. The normalized spacial score (nSPS) is 13.8. The van der Waals surface area contributed by atoms with Crippen LogP contribution in [0.15, 0.2) is 54.7 Å². The molecule has 1 aliphatic heterocycles. The second-order valence-corrected chi connectivity index (χ2v) is 7.32. The Morgan fingerprint density at radius 2 is 1.73 bits per heavy atom. The SMILES string of the molecule is COc1cccc(Nc2cc(N(C)C)nc(N3CCN(c4ccccn4)CC3)n2)c1. The molecular formula is C22H27N7O. The molecule has 2 aromatic heterocycles. The van der Waals surface area contributed by atoms with E-state index in [1.54, 1.807) is 7.11 Å². The summed E-state index contributed by atoms with van der Waals surface area (Å²) in [5, 5.41) is 3.38. The number of nitrogens with one attached hydrogen (secondary N) is 1. The van der Waals surface area contributed by atoms with Crippen LogP contribution in [-0.4, -0.2) is 62.3 Å². The molecule has 0 spiro atoms. The van der Waals surface area contributed by atoms with Gasteiger partial charge in [0.2, 0.25) is 5.95 Å². The Balaban J connectivity index is 1.53. The van der Waals surface area contributed by atoms with E-state index in [1.165, 1.54) is 0 Å². The lowest BCUT2D eigenvalue weighted by Gasteiger charge is -2.35. The number of ether oxygens (including phenoxy) is 1. The molecule has 156 valence electrons. The third kappa shape index (κ3) is 4.53. The Bertz CT molecular complexity index is 972. The second-order valence-electron chi connectivity index (χ2n) is 7.32. The number of pyridine rings is 1. The molecular weight excluding hydrogens is 378 g/mol. The van der Waals surface area contributed by atoms with Crippen molar-refractivity contribution in [3.05, 3.63) is 54.7 Å². The van der Waals surface area contributed by atoms with Crippen molar-refractivity contribution in [2.24, 2.45) is 0 Å². The highest BCUT2D eigenvalue weighted by atomic mass is 16.5. The molecule has 0 amide bonds. The first-order valence-corrected chi connectivity index (χ1v) is 10.0. The predicted molar refractivity (Wildman–Crippen MR) is 121 cm³/mol. The molecule has 8 heteroatoms. The van der Waals surface area contributed by atoms with Gasteiger partial charge in [-0.1, -0.05) is 12.1 Å². The van der Waals surface area contributed by atoms with E-state index in [-0.39, 0.29) is 0 Å². The van der Waals surface area contributed by atoms with Crippen LogP contribution in [-0.2, 0) is 0 Å². The van der Waals surface area contributed by atoms with Gasteiger partial charge in [-0.15, -0.1) is 0 Å². The monoisotopic (exact) mass is 405 g/mol. The van der Waals surface area contributed by atoms with E-state index in [0.717, 1.165) is 61.0 Å². The van der Waals surface area contributed by atoms with Gasteiger partial charge < -0.3 is 24.8 Å². The maximum atomic E-state index is 5.32. The number of hydrogen-bond acceptors (Lipinski definition) is 8. The van der Waals surface area contributed by atoms with Gasteiger partial charge in [0.05, 0.1) is 7.11 Å². The van der Waals surface area contributed by atoms with Crippen molar-refractivity contribution in [2.45, 2.75) is 0 Å². The number of hydrogen-bond donors (Lipinski definition) is 1. The summed E-state index contributed by atoms with van der Waals surface area (Å²) in [5.41, 5.74) is 0.920. The van der Waals surface area contributed by atoms with Gasteiger partial charge in [-0.2, -0.15) is 9.97 Å². The van der Waals surface area contributed by atoms with Gasteiger partial charge in [-0.25, -0.2) is 4.98 Å². The zero-order chi connectivity index (χ0) is 20.9. The minimum Gasteiger partial charge on any atom is -0.497 e. The van der Waals surface area contributed by atoms with Crippen molar-refractivity contribution in [1.82, 2.24) is 15.0 Å². The van der Waals surface area contributed by atoms with Crippen LogP contribution < -0.4 is 24.8 Å². The lowest BCUT2D eigenvalue weighted by Crippen LogP contribution is -2.47. The van der Waals surface area contributed by atoms with E-state index in [9.17, 15) is 0 Å². The van der Waals surface area contributed by atoms with Crippen molar-refractivity contribution in [3.8, 4) is 5.75 Å². The molecule has 0 bridgehead atoms. The highest BCUT2D eigenvalue weighted by Crippen LogP contribution is 2.25. The second kappa shape index (κ2) is 8.86. The number of nitrogens with zero attached hydrogens (tertiary/aromatic N) is 6. The maximum Gasteiger partial charge on any atom is 0.229 e. The van der Waals surface area contributed by atoms with Crippen molar-refractivity contribution < 1.29 is 4.74 Å². The minimum absolute atomic E-state index is 0.729. The summed E-state index contributed by atoms with van der Waals surface area (Å²) in [4.78, 5) is 20.5. The molecule has 1 aromatic carbocycles. The molecule has 0 saturated carbocycles. The van der Waals surface area contributed by atoms with Crippen LogP contribution in [0.2, 0.25) is 0 Å². The molecule has 3 aromatic rings. The summed E-state index contributed by atoms with van der Waals surface area (Å²) in [6, 6.07) is 15.8. The molecule has 0 unspecified atom stereocenters. The van der Waals surface area contributed by atoms with E-state index in [4.69, 9.17) is 14.7 Å². The lowest BCUT2D eigenvalue weighted by atomic mass is 10.3. The van der Waals surface area contributed by atoms with Gasteiger partial charge in [0, 0.05) is 64.3 Å². The Morgan fingerprint density at radius 1 is 0.933 bits per heavy atom. The highest BCUT2D eigenvalue weighted by Gasteiger charge is 2.21. The zero-order valence-corrected chi connectivity index (χ0v) is 17.6. The summed E-state index contributed by atoms with van der Waals surface area (Å²) in [6.07, 6.45) is 1.84. The van der Waals surface area contributed by atoms with Gasteiger partial charge in [-0.05, 0) is 24.3 Å². The minimum atomic E-state index is 0.729. The number of methoxy groups -OCH3 is 1. The van der Waals surface area contributed by atoms with Gasteiger partial charge >= 0.3 is 0 Å². The molecule has 1 saturated heterocycles. The largest absolute Gasteiger partial charge is 0.497 e. The fourth-order valence-electron chi connectivity index (χ4n) is 3.38. The lowest BCUT2D eigenvalue weighted by molar-refractivity contribution is 0.415. The first-order valence-electron chi connectivity index (χ1n) is 10.0. The van der Waals surface area contributed by atoms with Crippen molar-refractivity contribution in [2.75, 3.05) is 67.4 Å². The predicted octanol–water partition coefficient (Wildman–Crippen LogP) is 3.02. The van der Waals surface area contributed by atoms with Crippen LogP contribution >= 0.6 is 0 Å². The molecule has 3 heterocycles. The zero-order valence-electron chi connectivity index (χ0n) is 17.6. The average molecular weight is 406 g/mol. The summed E-state index contributed by atoms with van der Waals surface area (Å²) >= 11 is 0. The number of rotatable bonds is 6. The van der Waals surface area contributed by atoms with Crippen molar-refractivity contribution >= 4 is 29.1 Å². The summed E-state index contributed by atoms with van der Waals surface area (Å²) < 4.78 is 5.32. The molecule has 0 radical (unpaired) electrons. The topological polar surface area (TPSA) is 69.7 Å². The Labute approximate surface area is 177 Å². The molecule has 30 heavy (non-hydrogen) atoms. The molecule has 1 fully saturated rings. The van der Waals surface area contributed by atoms with Crippen molar-refractivity contribution in [1.29, 1.82) is 0 Å². The summed E-state index contributed by atoms with van der Waals surface area (Å²) in [5.74, 6) is 4.15. The van der Waals surface area contributed by atoms with E-state index in [1.807, 2.05) is 67.7 Å². The van der Waals surface area contributed by atoms with Gasteiger partial charge in [-0.3, -0.25) is 0 Å². The Hall–Kier alpha value is -3.55. The Morgan fingerprint density at radius 3 is 2.43 bits per heavy atom. The number of benzene rings is 1. The van der Waals surface area contributed by atoms with Crippen LogP contribution in [0.3, 0.4) is 0 Å². The molecule has 0 atom stereocenters. The maximum absolute atomic E-state index is 5.32. The summed E-state index contributed by atoms with van der Waals surface area (Å²) in [6.45, 7) is 3.44. The molecule has 1 aliphatic rings. The highest BCUT2D eigenvalue weighted by molar-refractivity contribution is 5.63. The molecule has 8 nitrogen and oxygen atoms in total. The van der Waals surface area contributed by atoms with Gasteiger partial charge in [0.25, 0.3) is 0 Å². The number of aromatic nitrogens is 3. The summed E-state index contributed by atoms with van der Waals surface area (Å²) in [7, 11) is 5.64. The van der Waals surface area contributed by atoms with Crippen LogP contribution in [0.25, 0.3) is 0 Å². The quantitative estimate of drug-likeness (QED) is 0.671. The smallest absolute Gasteiger partial charge is 0.229 e. The van der Waals surface area contributed by atoms with E-state index < -0.39 is 0 Å². The van der Waals surface area contributed by atoms with Gasteiger partial charge in [0.15, 0.2) is 0 Å². The van der Waals surface area contributed by atoms with Crippen LogP contribution in [0, 0.1) is 0 Å².